The molecule has 17 heavy (non-hydrogen) atoms. The van der Waals surface area contributed by atoms with Gasteiger partial charge in [-0.05, 0) is 29.7 Å². The zero-order chi connectivity index (χ0) is 12.3. The van der Waals surface area contributed by atoms with Gasteiger partial charge in [-0.3, -0.25) is 0 Å². The van der Waals surface area contributed by atoms with E-state index in [-0.39, 0.29) is 0 Å². The van der Waals surface area contributed by atoms with Crippen molar-refractivity contribution in [3.8, 4) is 0 Å². The second-order valence-electron chi connectivity index (χ2n) is 3.78. The number of hydrogen-bond acceptors (Lipinski definition) is 0. The van der Waals surface area contributed by atoms with Gasteiger partial charge < -0.3 is 0 Å². The fourth-order valence-electron chi connectivity index (χ4n) is 1.63. The summed E-state index contributed by atoms with van der Waals surface area (Å²) in [6, 6.07) is 15.5. The van der Waals surface area contributed by atoms with Gasteiger partial charge >= 0.3 is 6.18 Å². The lowest BCUT2D eigenvalue weighted by Crippen LogP contribution is -2.05. The van der Waals surface area contributed by atoms with Crippen molar-refractivity contribution in [1.29, 1.82) is 0 Å². The summed E-state index contributed by atoms with van der Waals surface area (Å²) in [5.74, 6) is 0. The van der Waals surface area contributed by atoms with Gasteiger partial charge in [0, 0.05) is 0 Å². The summed E-state index contributed by atoms with van der Waals surface area (Å²) in [6.45, 7) is 0. The van der Waals surface area contributed by atoms with Crippen LogP contribution in [-0.2, 0) is 12.6 Å². The van der Waals surface area contributed by atoms with Crippen molar-refractivity contribution >= 4 is 0 Å². The van der Waals surface area contributed by atoms with Crippen LogP contribution in [-0.4, -0.2) is 0 Å². The zero-order valence-electron chi connectivity index (χ0n) is 8.96. The first-order valence-corrected chi connectivity index (χ1v) is 5.17. The predicted octanol–water partition coefficient (Wildman–Crippen LogP) is 4.10. The molecule has 0 amide bonds. The fraction of sp³-hybridized carbons (Fsp3) is 0.143. The third kappa shape index (κ3) is 3.09. The van der Waals surface area contributed by atoms with Crippen LogP contribution >= 0.6 is 0 Å². The van der Waals surface area contributed by atoms with Crippen LogP contribution in [0.5, 0.6) is 0 Å². The molecule has 0 aromatic heterocycles. The van der Waals surface area contributed by atoms with Gasteiger partial charge in [0.1, 0.15) is 0 Å². The van der Waals surface area contributed by atoms with Gasteiger partial charge in [0.05, 0.1) is 5.56 Å². The maximum absolute atomic E-state index is 12.5. The van der Waals surface area contributed by atoms with Crippen molar-refractivity contribution in [2.75, 3.05) is 0 Å². The molecule has 2 aromatic carbocycles. The molecular formula is C14H10F3. The molecule has 0 fully saturated rings. The molecular weight excluding hydrogens is 225 g/mol. The smallest absolute Gasteiger partial charge is 0.166 e. The number of halogens is 3. The highest BCUT2D eigenvalue weighted by molar-refractivity contribution is 5.30. The van der Waals surface area contributed by atoms with Gasteiger partial charge in [-0.15, -0.1) is 0 Å². The van der Waals surface area contributed by atoms with E-state index in [0.29, 0.717) is 12.0 Å². The topological polar surface area (TPSA) is 0 Å². The summed E-state index contributed by atoms with van der Waals surface area (Å²) >= 11 is 0. The number of benzene rings is 2. The first-order chi connectivity index (χ1) is 8.05. The highest BCUT2D eigenvalue weighted by Gasteiger charge is 2.30. The molecule has 0 saturated heterocycles. The SMILES string of the molecule is FC(F)(F)c1cccc(Cc2cc[c]cc2)c1. The third-order valence-corrected chi connectivity index (χ3v) is 2.45. The lowest BCUT2D eigenvalue weighted by Gasteiger charge is -2.08. The van der Waals surface area contributed by atoms with Crippen molar-refractivity contribution < 1.29 is 13.2 Å². The molecule has 0 aliphatic carbocycles. The standard InChI is InChI=1S/C14H10F3/c15-14(16,17)13-8-4-7-12(10-13)9-11-5-2-1-3-6-11/h2-8,10H,9H2. The van der Waals surface area contributed by atoms with Gasteiger partial charge in [0.2, 0.25) is 0 Å². The summed E-state index contributed by atoms with van der Waals surface area (Å²) < 4.78 is 37.5. The van der Waals surface area contributed by atoms with Crippen LogP contribution < -0.4 is 0 Å². The molecule has 0 atom stereocenters. The van der Waals surface area contributed by atoms with E-state index < -0.39 is 11.7 Å². The Hall–Kier alpha value is -1.77. The Kier molecular flexibility index (Phi) is 3.18. The Balaban J connectivity index is 2.23. The highest BCUT2D eigenvalue weighted by atomic mass is 19.4. The number of rotatable bonds is 2. The quantitative estimate of drug-likeness (QED) is 0.735. The molecule has 0 saturated carbocycles. The lowest BCUT2D eigenvalue weighted by molar-refractivity contribution is -0.137. The molecule has 1 radical (unpaired) electrons. The van der Waals surface area contributed by atoms with Gasteiger partial charge in [0.15, 0.2) is 0 Å². The molecule has 0 bridgehead atoms. The minimum atomic E-state index is -4.28. The van der Waals surface area contributed by atoms with Crippen LogP contribution in [0.2, 0.25) is 0 Å². The maximum atomic E-state index is 12.5. The Morgan fingerprint density at radius 3 is 2.29 bits per heavy atom. The van der Waals surface area contributed by atoms with Crippen molar-refractivity contribution in [1.82, 2.24) is 0 Å². The minimum absolute atomic E-state index is 0.499. The van der Waals surface area contributed by atoms with E-state index in [1.54, 1.807) is 18.2 Å². The molecule has 2 rings (SSSR count). The highest BCUT2D eigenvalue weighted by Crippen LogP contribution is 2.29. The van der Waals surface area contributed by atoms with E-state index in [0.717, 1.165) is 11.6 Å². The van der Waals surface area contributed by atoms with E-state index in [4.69, 9.17) is 0 Å². The first kappa shape index (κ1) is 11.7. The van der Waals surface area contributed by atoms with E-state index in [1.807, 2.05) is 12.1 Å². The van der Waals surface area contributed by atoms with E-state index in [2.05, 4.69) is 6.07 Å². The Morgan fingerprint density at radius 2 is 1.65 bits per heavy atom. The fourth-order valence-corrected chi connectivity index (χ4v) is 1.63. The van der Waals surface area contributed by atoms with Crippen LogP contribution in [0.1, 0.15) is 16.7 Å². The third-order valence-electron chi connectivity index (χ3n) is 2.45. The predicted molar refractivity (Wildman–Crippen MR) is 59.5 cm³/mol. The normalized spacial score (nSPS) is 11.5. The zero-order valence-corrected chi connectivity index (χ0v) is 8.96. The Morgan fingerprint density at radius 1 is 0.941 bits per heavy atom. The molecule has 0 aliphatic heterocycles. The summed E-state index contributed by atoms with van der Waals surface area (Å²) in [5, 5.41) is 0. The molecule has 2 aromatic rings. The van der Waals surface area contributed by atoms with Crippen LogP contribution in [0.3, 0.4) is 0 Å². The molecule has 0 nitrogen and oxygen atoms in total. The molecule has 3 heteroatoms. The second-order valence-corrected chi connectivity index (χ2v) is 3.78. The molecule has 0 aliphatic rings. The average molecular weight is 235 g/mol. The summed E-state index contributed by atoms with van der Waals surface area (Å²) in [5.41, 5.74) is 1.03. The van der Waals surface area contributed by atoms with Crippen molar-refractivity contribution in [2.24, 2.45) is 0 Å². The number of alkyl halides is 3. The second kappa shape index (κ2) is 4.62. The molecule has 0 heterocycles. The lowest BCUT2D eigenvalue weighted by atomic mass is 10.0. The van der Waals surface area contributed by atoms with Crippen LogP contribution in [0, 0.1) is 6.07 Å². The van der Waals surface area contributed by atoms with Crippen LogP contribution in [0.4, 0.5) is 13.2 Å². The van der Waals surface area contributed by atoms with E-state index >= 15 is 0 Å². The number of hydrogen-bond donors (Lipinski definition) is 0. The molecule has 0 N–H and O–H groups in total. The Labute approximate surface area is 97.7 Å². The van der Waals surface area contributed by atoms with Gasteiger partial charge in [-0.1, -0.05) is 42.5 Å². The van der Waals surface area contributed by atoms with E-state index in [9.17, 15) is 13.2 Å². The van der Waals surface area contributed by atoms with Crippen LogP contribution in [0.25, 0.3) is 0 Å². The molecule has 0 unspecified atom stereocenters. The average Bonchev–Trinajstić information content (AvgIpc) is 2.29. The molecule has 87 valence electrons. The summed E-state index contributed by atoms with van der Waals surface area (Å²) in [6.07, 6.45) is -3.78. The van der Waals surface area contributed by atoms with Crippen molar-refractivity contribution in [3.63, 3.8) is 0 Å². The van der Waals surface area contributed by atoms with Gasteiger partial charge in [-0.2, -0.15) is 13.2 Å². The Bertz CT molecular complexity index is 486. The molecule has 0 spiro atoms. The van der Waals surface area contributed by atoms with E-state index in [1.165, 1.54) is 12.1 Å². The largest absolute Gasteiger partial charge is 0.416 e. The minimum Gasteiger partial charge on any atom is -0.166 e. The van der Waals surface area contributed by atoms with Crippen molar-refractivity contribution in [2.45, 2.75) is 12.6 Å². The van der Waals surface area contributed by atoms with Crippen LogP contribution in [0.15, 0.2) is 48.5 Å². The van der Waals surface area contributed by atoms with Gasteiger partial charge in [-0.25, -0.2) is 0 Å². The monoisotopic (exact) mass is 235 g/mol. The first-order valence-electron chi connectivity index (χ1n) is 5.17. The summed E-state index contributed by atoms with van der Waals surface area (Å²) in [4.78, 5) is 0. The maximum Gasteiger partial charge on any atom is 0.416 e. The van der Waals surface area contributed by atoms with Crippen molar-refractivity contribution in [3.05, 3.63) is 71.3 Å². The summed E-state index contributed by atoms with van der Waals surface area (Å²) in [7, 11) is 0. The van der Waals surface area contributed by atoms with Gasteiger partial charge in [0.25, 0.3) is 0 Å².